The van der Waals surface area contributed by atoms with Gasteiger partial charge in [0.2, 0.25) is 9.84 Å². The lowest BCUT2D eigenvalue weighted by atomic mass is 9.96. The standard InChI is InChI=1S/C58H95N5O5S2/c1-4-6-7-8-9-10-11-12-13-14-15-16-17-18-19-20-21-22-23-24-25-26-27-28-47-68-52-29-31-53(32-30-52)70(66,67)57-49-59-56-34-33-54(69(3,64)65)48-55(56)58(57)63-41-37-50(38-42-63)61-39-35-51(36-40-61)62-45-43-60(5-2)44-46-62/h29-34,48-51H,4-28,35-47H2,1-3H3. The summed E-state index contributed by atoms with van der Waals surface area (Å²) in [5.41, 5.74) is 1.13. The molecule has 4 heterocycles. The van der Waals surface area contributed by atoms with Crippen molar-refractivity contribution in [1.29, 1.82) is 0 Å². The number of unbranched alkanes of at least 4 members (excludes halogenated alkanes) is 23. The lowest BCUT2D eigenvalue weighted by Crippen LogP contribution is -2.55. The van der Waals surface area contributed by atoms with Crippen LogP contribution >= 0.6 is 0 Å². The van der Waals surface area contributed by atoms with Gasteiger partial charge in [0.15, 0.2) is 9.84 Å². The number of rotatable bonds is 33. The Balaban J connectivity index is 0.880. The molecule has 3 saturated heterocycles. The van der Waals surface area contributed by atoms with Gasteiger partial charge in [-0.05, 0) is 94.2 Å². The van der Waals surface area contributed by atoms with Crippen molar-refractivity contribution in [3.8, 4) is 5.75 Å². The second kappa shape index (κ2) is 30.4. The van der Waals surface area contributed by atoms with E-state index in [0.29, 0.717) is 54.1 Å². The number of benzene rings is 2. The highest BCUT2D eigenvalue weighted by Gasteiger charge is 2.34. The van der Waals surface area contributed by atoms with Gasteiger partial charge in [-0.25, -0.2) is 16.8 Å². The van der Waals surface area contributed by atoms with Crippen molar-refractivity contribution in [2.24, 2.45) is 0 Å². The summed E-state index contributed by atoms with van der Waals surface area (Å²) in [5.74, 6) is 0.660. The first kappa shape index (κ1) is 56.5. The summed E-state index contributed by atoms with van der Waals surface area (Å²) in [6.45, 7) is 14.5. The van der Waals surface area contributed by atoms with Gasteiger partial charge in [0.25, 0.3) is 0 Å². The highest BCUT2D eigenvalue weighted by molar-refractivity contribution is 7.91. The minimum absolute atomic E-state index is 0.113. The number of ether oxygens (including phenoxy) is 1. The lowest BCUT2D eigenvalue weighted by Gasteiger charge is -2.46. The number of sulfone groups is 2. The Labute approximate surface area is 426 Å². The van der Waals surface area contributed by atoms with Crippen LogP contribution in [0.2, 0.25) is 0 Å². The van der Waals surface area contributed by atoms with Crippen LogP contribution in [0.3, 0.4) is 0 Å². The van der Waals surface area contributed by atoms with Crippen LogP contribution in [0.5, 0.6) is 5.75 Å². The van der Waals surface area contributed by atoms with Crippen molar-refractivity contribution in [1.82, 2.24) is 19.7 Å². The van der Waals surface area contributed by atoms with E-state index in [2.05, 4.69) is 38.4 Å². The van der Waals surface area contributed by atoms with E-state index in [1.165, 1.54) is 193 Å². The van der Waals surface area contributed by atoms with Crippen LogP contribution in [0, 0.1) is 0 Å². The molecule has 10 nitrogen and oxygen atoms in total. The number of anilines is 1. The number of aromatic nitrogens is 1. The minimum Gasteiger partial charge on any atom is -0.494 e. The van der Waals surface area contributed by atoms with E-state index in [1.54, 1.807) is 42.5 Å². The topological polar surface area (TPSA) is 103 Å². The molecule has 0 unspecified atom stereocenters. The number of pyridine rings is 1. The first-order chi connectivity index (χ1) is 34.1. The Bertz CT molecular complexity index is 2150. The molecular formula is C58H95N5O5S2. The van der Waals surface area contributed by atoms with Crippen molar-refractivity contribution >= 4 is 36.3 Å². The van der Waals surface area contributed by atoms with E-state index in [-0.39, 0.29) is 14.7 Å². The second-order valence-electron chi connectivity index (χ2n) is 21.3. The SMILES string of the molecule is CCCCCCCCCCCCCCCCCCCCCCCCCCOc1ccc(S(=O)(=O)c2cnc3ccc(S(C)(=O)=O)cc3c2N2CCC(N3CCC(N4CCN(CC)CC4)CC3)CC2)cc1. The summed E-state index contributed by atoms with van der Waals surface area (Å²) in [6, 6.07) is 12.7. The number of hydrogen-bond donors (Lipinski definition) is 0. The molecule has 12 heteroatoms. The first-order valence-electron chi connectivity index (χ1n) is 28.6. The summed E-state index contributed by atoms with van der Waals surface area (Å²) in [4.78, 5) is 15.1. The number of piperidine rings is 2. The number of likely N-dealkylation sites (tertiary alicyclic amines) is 1. The Morgan fingerprint density at radius 2 is 0.971 bits per heavy atom. The molecule has 0 radical (unpaired) electrons. The summed E-state index contributed by atoms with van der Waals surface area (Å²) in [6.07, 6.45) is 39.8. The average Bonchev–Trinajstić information content (AvgIpc) is 3.38. The van der Waals surface area contributed by atoms with Gasteiger partial charge in [-0.15, -0.1) is 0 Å². The van der Waals surface area contributed by atoms with Gasteiger partial charge in [-0.2, -0.15) is 0 Å². The van der Waals surface area contributed by atoms with Crippen LogP contribution in [0.25, 0.3) is 10.9 Å². The van der Waals surface area contributed by atoms with Crippen molar-refractivity contribution in [3.63, 3.8) is 0 Å². The Morgan fingerprint density at radius 1 is 0.529 bits per heavy atom. The molecule has 0 bridgehead atoms. The van der Waals surface area contributed by atoms with Gasteiger partial charge in [0.1, 0.15) is 10.6 Å². The van der Waals surface area contributed by atoms with Crippen LogP contribution in [0.1, 0.15) is 194 Å². The number of hydrogen-bond acceptors (Lipinski definition) is 10. The van der Waals surface area contributed by atoms with Gasteiger partial charge in [0, 0.05) is 69.2 Å². The molecule has 0 amide bonds. The molecule has 0 atom stereocenters. The molecule has 1 aromatic heterocycles. The molecule has 2 aromatic carbocycles. The third-order valence-corrected chi connectivity index (χ3v) is 18.9. The highest BCUT2D eigenvalue weighted by Crippen LogP contribution is 2.39. The monoisotopic (exact) mass is 1010 g/mol. The molecule has 3 aliphatic rings. The van der Waals surface area contributed by atoms with E-state index in [4.69, 9.17) is 4.74 Å². The average molecular weight is 1010 g/mol. The van der Waals surface area contributed by atoms with Crippen LogP contribution in [0.4, 0.5) is 5.69 Å². The fourth-order valence-electron chi connectivity index (χ4n) is 11.5. The lowest BCUT2D eigenvalue weighted by molar-refractivity contribution is 0.0449. The largest absolute Gasteiger partial charge is 0.494 e. The van der Waals surface area contributed by atoms with E-state index < -0.39 is 19.7 Å². The van der Waals surface area contributed by atoms with E-state index >= 15 is 0 Å². The van der Waals surface area contributed by atoms with Gasteiger partial charge in [-0.1, -0.05) is 162 Å². The predicted octanol–water partition coefficient (Wildman–Crippen LogP) is 13.3. The van der Waals surface area contributed by atoms with Crippen molar-refractivity contribution in [3.05, 3.63) is 48.7 Å². The van der Waals surface area contributed by atoms with Gasteiger partial charge < -0.3 is 19.4 Å². The zero-order chi connectivity index (χ0) is 49.4. The quantitative estimate of drug-likeness (QED) is 0.0548. The molecular weight excluding hydrogens is 911 g/mol. The maximum atomic E-state index is 14.6. The van der Waals surface area contributed by atoms with Crippen LogP contribution in [-0.2, 0) is 19.7 Å². The maximum Gasteiger partial charge on any atom is 0.210 e. The Kier molecular flexibility index (Phi) is 24.6. The fraction of sp³-hybridized carbons (Fsp3) is 0.741. The van der Waals surface area contributed by atoms with Gasteiger partial charge >= 0.3 is 0 Å². The van der Waals surface area contributed by atoms with Gasteiger partial charge in [0.05, 0.1) is 27.6 Å². The molecule has 3 aliphatic heterocycles. The predicted molar refractivity (Wildman–Crippen MR) is 292 cm³/mol. The third kappa shape index (κ3) is 18.0. The zero-order valence-corrected chi connectivity index (χ0v) is 45.9. The van der Waals surface area contributed by atoms with Crippen LogP contribution < -0.4 is 9.64 Å². The van der Waals surface area contributed by atoms with Crippen molar-refractivity contribution in [2.45, 2.75) is 220 Å². The summed E-state index contributed by atoms with van der Waals surface area (Å²) < 4.78 is 60.8. The maximum absolute atomic E-state index is 14.6. The van der Waals surface area contributed by atoms with Crippen molar-refractivity contribution < 1.29 is 21.6 Å². The molecule has 0 saturated carbocycles. The third-order valence-electron chi connectivity index (χ3n) is 16.1. The molecule has 0 spiro atoms. The zero-order valence-electron chi connectivity index (χ0n) is 44.2. The van der Waals surface area contributed by atoms with Crippen LogP contribution in [-0.4, -0.2) is 120 Å². The molecule has 0 aliphatic carbocycles. The number of likely N-dealkylation sites (N-methyl/N-ethyl adjacent to an activating group) is 1. The molecule has 6 rings (SSSR count). The smallest absolute Gasteiger partial charge is 0.210 e. The summed E-state index contributed by atoms with van der Waals surface area (Å²) in [5, 5.41) is 0.553. The Morgan fingerprint density at radius 3 is 1.44 bits per heavy atom. The van der Waals surface area contributed by atoms with E-state index in [0.717, 1.165) is 45.3 Å². The normalized spacial score (nSPS) is 17.5. The summed E-state index contributed by atoms with van der Waals surface area (Å²) in [7, 11) is -7.55. The van der Waals surface area contributed by atoms with Crippen LogP contribution in [0.15, 0.2) is 63.3 Å². The first-order valence-corrected chi connectivity index (χ1v) is 32.0. The minimum atomic E-state index is -4.02. The molecule has 3 aromatic rings. The van der Waals surface area contributed by atoms with Crippen molar-refractivity contribution in [2.75, 3.05) is 76.7 Å². The number of nitrogens with zero attached hydrogens (tertiary/aromatic N) is 5. The van der Waals surface area contributed by atoms with E-state index in [1.807, 2.05) is 0 Å². The van der Waals surface area contributed by atoms with Gasteiger partial charge in [-0.3, -0.25) is 9.88 Å². The molecule has 70 heavy (non-hydrogen) atoms. The molecule has 3 fully saturated rings. The molecule has 394 valence electrons. The second-order valence-corrected chi connectivity index (χ2v) is 25.3. The highest BCUT2D eigenvalue weighted by atomic mass is 32.2. The number of piperazine rings is 1. The molecule has 0 N–H and O–H groups in total. The fourth-order valence-corrected chi connectivity index (χ4v) is 13.6. The van der Waals surface area contributed by atoms with E-state index in [9.17, 15) is 16.8 Å². The number of fused-ring (bicyclic) bond motifs is 1. The Hall–Kier alpha value is -2.77. The summed E-state index contributed by atoms with van der Waals surface area (Å²) >= 11 is 0.